The van der Waals surface area contributed by atoms with E-state index in [-0.39, 0.29) is 5.91 Å². The number of ether oxygens (including phenoxy) is 1. The second-order valence-electron chi connectivity index (χ2n) is 7.37. The van der Waals surface area contributed by atoms with E-state index in [9.17, 15) is 4.79 Å². The fraction of sp³-hybridized carbons (Fsp3) is 0.208. The molecule has 4 aromatic rings. The number of benzene rings is 1. The molecule has 0 fully saturated rings. The zero-order valence-electron chi connectivity index (χ0n) is 18.1. The van der Waals surface area contributed by atoms with Crippen LogP contribution in [0.4, 0.5) is 0 Å². The molecule has 0 aliphatic heterocycles. The molecule has 1 amide bonds. The summed E-state index contributed by atoms with van der Waals surface area (Å²) in [6.07, 6.45) is 5.39. The highest BCUT2D eigenvalue weighted by Gasteiger charge is 2.16. The Morgan fingerprint density at radius 2 is 1.84 bits per heavy atom. The molecule has 0 aliphatic carbocycles. The van der Waals surface area contributed by atoms with E-state index in [2.05, 4.69) is 19.9 Å². The Morgan fingerprint density at radius 1 is 1.06 bits per heavy atom. The quantitative estimate of drug-likeness (QED) is 0.518. The lowest BCUT2D eigenvalue weighted by molar-refractivity contribution is 0.0950. The first-order valence-corrected chi connectivity index (χ1v) is 10.0. The topological polar surface area (TPSA) is 74.0 Å². The van der Waals surface area contributed by atoms with Crippen molar-refractivity contribution in [3.63, 3.8) is 0 Å². The maximum absolute atomic E-state index is 12.9. The van der Waals surface area contributed by atoms with E-state index < -0.39 is 0 Å². The Hall–Kier alpha value is -3.87. The summed E-state index contributed by atoms with van der Waals surface area (Å²) in [4.78, 5) is 21.6. The van der Waals surface area contributed by atoms with Gasteiger partial charge in [-0.25, -0.2) is 9.97 Å². The third-order valence-corrected chi connectivity index (χ3v) is 5.34. The van der Waals surface area contributed by atoms with E-state index in [1.54, 1.807) is 19.5 Å². The van der Waals surface area contributed by atoms with Gasteiger partial charge in [0.25, 0.3) is 5.91 Å². The molecule has 0 bridgehead atoms. The molecule has 0 aliphatic rings. The van der Waals surface area contributed by atoms with Crippen molar-refractivity contribution >= 4 is 5.91 Å². The number of carbonyl (C=O) groups excluding carboxylic acids is 1. The van der Waals surface area contributed by atoms with Crippen LogP contribution in [-0.4, -0.2) is 32.1 Å². The van der Waals surface area contributed by atoms with Gasteiger partial charge in [0.1, 0.15) is 17.4 Å². The number of nitrogens with zero attached hydrogens (tertiary/aromatic N) is 4. The highest BCUT2D eigenvalue weighted by atomic mass is 16.5. The van der Waals surface area contributed by atoms with E-state index in [0.717, 1.165) is 40.0 Å². The van der Waals surface area contributed by atoms with Crippen molar-refractivity contribution in [2.45, 2.75) is 27.3 Å². The average molecular weight is 415 g/mol. The van der Waals surface area contributed by atoms with Gasteiger partial charge in [0.05, 0.1) is 12.7 Å². The third-order valence-electron chi connectivity index (χ3n) is 5.34. The van der Waals surface area contributed by atoms with Crippen LogP contribution >= 0.6 is 0 Å². The van der Waals surface area contributed by atoms with Crippen molar-refractivity contribution in [3.05, 3.63) is 89.4 Å². The van der Waals surface area contributed by atoms with Gasteiger partial charge < -0.3 is 14.6 Å². The molecule has 3 aromatic heterocycles. The van der Waals surface area contributed by atoms with Gasteiger partial charge in [-0.2, -0.15) is 0 Å². The normalized spacial score (nSPS) is 10.8. The molecule has 7 heteroatoms. The van der Waals surface area contributed by atoms with E-state index in [0.29, 0.717) is 12.1 Å². The van der Waals surface area contributed by atoms with Gasteiger partial charge in [0.15, 0.2) is 0 Å². The molecule has 1 N–H and O–H groups in total. The van der Waals surface area contributed by atoms with E-state index >= 15 is 0 Å². The summed E-state index contributed by atoms with van der Waals surface area (Å²) in [5.74, 6) is 2.36. The summed E-state index contributed by atoms with van der Waals surface area (Å²) in [5.41, 5.74) is 4.47. The van der Waals surface area contributed by atoms with Crippen LogP contribution in [-0.2, 0) is 6.54 Å². The number of pyridine rings is 1. The maximum Gasteiger partial charge on any atom is 0.253 e. The lowest BCUT2D eigenvalue weighted by atomic mass is 10.2. The van der Waals surface area contributed by atoms with Gasteiger partial charge in [-0.15, -0.1) is 0 Å². The fourth-order valence-corrected chi connectivity index (χ4v) is 3.68. The number of aromatic nitrogens is 4. The lowest BCUT2D eigenvalue weighted by Gasteiger charge is -2.11. The Balaban J connectivity index is 1.47. The van der Waals surface area contributed by atoms with Crippen molar-refractivity contribution in [2.75, 3.05) is 7.11 Å². The smallest absolute Gasteiger partial charge is 0.253 e. The monoisotopic (exact) mass is 415 g/mol. The molecule has 3 heterocycles. The molecule has 0 atom stereocenters. The molecule has 0 saturated carbocycles. The molecular weight excluding hydrogens is 390 g/mol. The number of aryl methyl sites for hydroxylation is 2. The predicted molar refractivity (Wildman–Crippen MR) is 119 cm³/mol. The molecule has 1 aromatic carbocycles. The summed E-state index contributed by atoms with van der Waals surface area (Å²) in [7, 11) is 1.64. The van der Waals surface area contributed by atoms with Gasteiger partial charge >= 0.3 is 0 Å². The van der Waals surface area contributed by atoms with Crippen LogP contribution in [0.2, 0.25) is 0 Å². The molecule has 4 rings (SSSR count). The number of hydrogen-bond donors (Lipinski definition) is 1. The third kappa shape index (κ3) is 4.07. The summed E-state index contributed by atoms with van der Waals surface area (Å²) >= 11 is 0. The van der Waals surface area contributed by atoms with Crippen LogP contribution in [0.5, 0.6) is 5.75 Å². The van der Waals surface area contributed by atoms with Gasteiger partial charge in [-0.3, -0.25) is 9.36 Å². The van der Waals surface area contributed by atoms with Crippen LogP contribution in [0.25, 0.3) is 11.5 Å². The summed E-state index contributed by atoms with van der Waals surface area (Å²) in [6.45, 7) is 6.28. The Labute approximate surface area is 181 Å². The highest BCUT2D eigenvalue weighted by Crippen LogP contribution is 2.23. The van der Waals surface area contributed by atoms with Crippen molar-refractivity contribution in [3.8, 4) is 17.3 Å². The van der Waals surface area contributed by atoms with Crippen LogP contribution < -0.4 is 10.1 Å². The molecule has 0 radical (unpaired) electrons. The van der Waals surface area contributed by atoms with E-state index in [1.807, 2.05) is 74.0 Å². The molecular formula is C24H25N5O2. The Bertz CT molecular complexity index is 1200. The van der Waals surface area contributed by atoms with E-state index in [1.165, 1.54) is 0 Å². The van der Waals surface area contributed by atoms with Crippen LogP contribution in [0.15, 0.2) is 61.1 Å². The zero-order valence-corrected chi connectivity index (χ0v) is 18.1. The first kappa shape index (κ1) is 20.4. The summed E-state index contributed by atoms with van der Waals surface area (Å²) < 4.78 is 9.21. The second kappa shape index (κ2) is 8.47. The van der Waals surface area contributed by atoms with Crippen molar-refractivity contribution in [1.82, 2.24) is 24.4 Å². The largest absolute Gasteiger partial charge is 0.497 e. The summed E-state index contributed by atoms with van der Waals surface area (Å²) in [5, 5.41) is 3.00. The maximum atomic E-state index is 12.9. The number of nitrogens with one attached hydrogen (secondary N) is 1. The molecule has 0 saturated heterocycles. The fourth-order valence-electron chi connectivity index (χ4n) is 3.68. The number of hydrogen-bond acceptors (Lipinski definition) is 4. The first-order chi connectivity index (χ1) is 15.0. The van der Waals surface area contributed by atoms with Crippen LogP contribution in [0.3, 0.4) is 0 Å². The number of amides is 1. The molecule has 0 unspecified atom stereocenters. The van der Waals surface area contributed by atoms with Crippen molar-refractivity contribution in [1.29, 1.82) is 0 Å². The molecule has 31 heavy (non-hydrogen) atoms. The highest BCUT2D eigenvalue weighted by molar-refractivity contribution is 5.95. The van der Waals surface area contributed by atoms with Gasteiger partial charge in [0, 0.05) is 42.2 Å². The number of imidazole rings is 1. The number of rotatable bonds is 6. The minimum Gasteiger partial charge on any atom is -0.497 e. The SMILES string of the molecule is COc1ccc(-n2c(C)cc(C(=O)NCc3ccc(-n4ccnc4C)nc3)c2C)cc1. The van der Waals surface area contributed by atoms with Gasteiger partial charge in [0.2, 0.25) is 0 Å². The number of methoxy groups -OCH3 is 1. The standard InChI is InChI=1S/C24H25N5O2/c1-16-13-22(17(2)29(16)20-6-8-21(31-4)9-7-20)24(30)27-15-19-5-10-23(26-14-19)28-12-11-25-18(28)3/h5-14H,15H2,1-4H3,(H,27,30). The minimum absolute atomic E-state index is 0.109. The van der Waals surface area contributed by atoms with E-state index in [4.69, 9.17) is 4.74 Å². The Morgan fingerprint density at radius 3 is 2.45 bits per heavy atom. The number of carbonyl (C=O) groups is 1. The van der Waals surface area contributed by atoms with Gasteiger partial charge in [-0.05, 0) is 62.7 Å². The lowest BCUT2D eigenvalue weighted by Crippen LogP contribution is -2.23. The Kier molecular flexibility index (Phi) is 5.58. The zero-order chi connectivity index (χ0) is 22.0. The van der Waals surface area contributed by atoms with Crippen LogP contribution in [0, 0.1) is 20.8 Å². The van der Waals surface area contributed by atoms with Crippen molar-refractivity contribution < 1.29 is 9.53 Å². The molecule has 7 nitrogen and oxygen atoms in total. The second-order valence-corrected chi connectivity index (χ2v) is 7.37. The summed E-state index contributed by atoms with van der Waals surface area (Å²) in [6, 6.07) is 13.6. The van der Waals surface area contributed by atoms with Crippen molar-refractivity contribution in [2.24, 2.45) is 0 Å². The first-order valence-electron chi connectivity index (χ1n) is 10.0. The van der Waals surface area contributed by atoms with Gasteiger partial charge in [-0.1, -0.05) is 6.07 Å². The molecule has 158 valence electrons. The van der Waals surface area contributed by atoms with Crippen LogP contribution in [0.1, 0.15) is 33.1 Å². The average Bonchev–Trinajstić information content (AvgIpc) is 3.35. The minimum atomic E-state index is -0.109. The predicted octanol–water partition coefficient (Wildman–Crippen LogP) is 3.92. The molecule has 0 spiro atoms.